The SMILES string of the molecule is C[C@@H]1CC[C@H]2C(=CCC[C@]2(C)CO)[C@@]1(C)Cc1c[nH]c2ccccc12. The number of H-pyrrole nitrogens is 1. The smallest absolute Gasteiger partial charge is 0.0490 e. The lowest BCUT2D eigenvalue weighted by atomic mass is 9.51. The fraction of sp³-hybridized carbons (Fsp3) is 0.565. The van der Waals surface area contributed by atoms with E-state index in [-0.39, 0.29) is 10.8 Å². The molecule has 2 aliphatic rings. The van der Waals surface area contributed by atoms with Gasteiger partial charge in [-0.2, -0.15) is 0 Å². The predicted molar refractivity (Wildman–Crippen MR) is 105 cm³/mol. The van der Waals surface area contributed by atoms with Crippen LogP contribution in [0.15, 0.2) is 42.1 Å². The first-order chi connectivity index (χ1) is 12.0. The van der Waals surface area contributed by atoms with Crippen LogP contribution in [0, 0.1) is 22.7 Å². The first kappa shape index (κ1) is 16.9. The van der Waals surface area contributed by atoms with Gasteiger partial charge in [-0.1, -0.05) is 50.6 Å². The minimum Gasteiger partial charge on any atom is -0.396 e. The van der Waals surface area contributed by atoms with Crippen molar-refractivity contribution in [2.75, 3.05) is 6.61 Å². The monoisotopic (exact) mass is 337 g/mol. The summed E-state index contributed by atoms with van der Waals surface area (Å²) >= 11 is 0. The number of nitrogens with one attached hydrogen (secondary N) is 1. The zero-order chi connectivity index (χ0) is 17.7. The van der Waals surface area contributed by atoms with E-state index in [2.05, 4.69) is 62.3 Å². The summed E-state index contributed by atoms with van der Waals surface area (Å²) in [7, 11) is 0. The van der Waals surface area contributed by atoms with Crippen LogP contribution >= 0.6 is 0 Å². The van der Waals surface area contributed by atoms with Crippen molar-refractivity contribution >= 4 is 10.9 Å². The lowest BCUT2D eigenvalue weighted by Crippen LogP contribution is -2.46. The summed E-state index contributed by atoms with van der Waals surface area (Å²) in [5.41, 5.74) is 4.54. The molecular weight excluding hydrogens is 306 g/mol. The quantitative estimate of drug-likeness (QED) is 0.715. The van der Waals surface area contributed by atoms with Crippen LogP contribution in [0.5, 0.6) is 0 Å². The molecule has 0 amide bonds. The van der Waals surface area contributed by atoms with Crippen molar-refractivity contribution in [1.82, 2.24) is 4.98 Å². The largest absolute Gasteiger partial charge is 0.396 e. The second kappa shape index (κ2) is 6.02. The molecule has 2 aliphatic carbocycles. The summed E-state index contributed by atoms with van der Waals surface area (Å²) in [6.45, 7) is 7.51. The van der Waals surface area contributed by atoms with Crippen molar-refractivity contribution in [2.45, 2.75) is 52.9 Å². The Morgan fingerprint density at radius 3 is 2.80 bits per heavy atom. The maximum Gasteiger partial charge on any atom is 0.0490 e. The van der Waals surface area contributed by atoms with Gasteiger partial charge in [-0.05, 0) is 66.4 Å². The number of allylic oxidation sites excluding steroid dienone is 2. The molecule has 0 radical (unpaired) electrons. The van der Waals surface area contributed by atoms with E-state index >= 15 is 0 Å². The third-order valence-corrected chi connectivity index (χ3v) is 7.53. The highest BCUT2D eigenvalue weighted by Gasteiger charge is 2.49. The number of rotatable bonds is 3. The maximum absolute atomic E-state index is 10.1. The number of hydrogen-bond acceptors (Lipinski definition) is 1. The van der Waals surface area contributed by atoms with Gasteiger partial charge in [-0.15, -0.1) is 0 Å². The van der Waals surface area contributed by atoms with Crippen molar-refractivity contribution in [1.29, 1.82) is 0 Å². The maximum atomic E-state index is 10.1. The summed E-state index contributed by atoms with van der Waals surface area (Å²) in [6, 6.07) is 8.64. The van der Waals surface area contributed by atoms with Gasteiger partial charge in [0.05, 0.1) is 0 Å². The molecule has 1 fully saturated rings. The molecular formula is C23H31NO. The van der Waals surface area contributed by atoms with Crippen LogP contribution in [0.3, 0.4) is 0 Å². The molecule has 4 rings (SSSR count). The number of benzene rings is 1. The molecule has 4 atom stereocenters. The van der Waals surface area contributed by atoms with E-state index in [0.717, 1.165) is 19.3 Å². The predicted octanol–water partition coefficient (Wildman–Crippen LogP) is 5.48. The number of para-hydroxylation sites is 1. The van der Waals surface area contributed by atoms with E-state index in [9.17, 15) is 5.11 Å². The molecule has 1 saturated carbocycles. The van der Waals surface area contributed by atoms with Gasteiger partial charge in [0.25, 0.3) is 0 Å². The van der Waals surface area contributed by atoms with Crippen molar-refractivity contribution in [2.24, 2.45) is 22.7 Å². The molecule has 1 aromatic carbocycles. The lowest BCUT2D eigenvalue weighted by Gasteiger charge is -2.53. The van der Waals surface area contributed by atoms with Crippen LogP contribution in [0.25, 0.3) is 10.9 Å². The van der Waals surface area contributed by atoms with Crippen molar-refractivity contribution in [3.8, 4) is 0 Å². The molecule has 25 heavy (non-hydrogen) atoms. The minimum atomic E-state index is 0.0612. The standard InChI is InChI=1S/C23H31NO/c1-16-10-11-19-20(8-6-12-22(19,2)15-25)23(16,3)13-17-14-24-21-9-5-4-7-18(17)21/h4-5,7-9,14,16,19,24-25H,6,10-13,15H2,1-3H3/t16-,19+,22-,23+/m1/s1. The van der Waals surface area contributed by atoms with Gasteiger partial charge in [0.1, 0.15) is 0 Å². The average Bonchev–Trinajstić information content (AvgIpc) is 3.02. The Morgan fingerprint density at radius 2 is 2.00 bits per heavy atom. The topological polar surface area (TPSA) is 36.0 Å². The van der Waals surface area contributed by atoms with Crippen molar-refractivity contribution in [3.63, 3.8) is 0 Å². The molecule has 0 saturated heterocycles. The molecule has 2 nitrogen and oxygen atoms in total. The van der Waals surface area contributed by atoms with Gasteiger partial charge in [0.15, 0.2) is 0 Å². The van der Waals surface area contributed by atoms with Crippen LogP contribution in [0.4, 0.5) is 0 Å². The Bertz CT molecular complexity index is 803. The number of aromatic amines is 1. The average molecular weight is 338 g/mol. The van der Waals surface area contributed by atoms with Gasteiger partial charge >= 0.3 is 0 Å². The van der Waals surface area contributed by atoms with E-state index in [1.165, 1.54) is 29.3 Å². The molecule has 2 heteroatoms. The van der Waals surface area contributed by atoms with E-state index in [4.69, 9.17) is 0 Å². The van der Waals surface area contributed by atoms with E-state index in [1.807, 2.05) is 0 Å². The fourth-order valence-electron chi connectivity index (χ4n) is 5.54. The molecule has 2 aromatic rings. The van der Waals surface area contributed by atoms with Gasteiger partial charge < -0.3 is 10.1 Å². The number of aromatic nitrogens is 1. The third kappa shape index (κ3) is 2.57. The van der Waals surface area contributed by atoms with Crippen molar-refractivity contribution < 1.29 is 5.11 Å². The molecule has 0 unspecified atom stereocenters. The molecule has 0 aliphatic heterocycles. The number of hydrogen-bond donors (Lipinski definition) is 2. The summed E-state index contributed by atoms with van der Waals surface area (Å²) < 4.78 is 0. The molecule has 0 bridgehead atoms. The van der Waals surface area contributed by atoms with Gasteiger partial charge in [0, 0.05) is 23.7 Å². The van der Waals surface area contributed by atoms with Crippen LogP contribution < -0.4 is 0 Å². The lowest BCUT2D eigenvalue weighted by molar-refractivity contribution is 0.0292. The highest BCUT2D eigenvalue weighted by atomic mass is 16.3. The minimum absolute atomic E-state index is 0.0612. The second-order valence-electron chi connectivity index (χ2n) is 9.00. The van der Waals surface area contributed by atoms with Crippen LogP contribution in [0.1, 0.15) is 52.0 Å². The highest BCUT2D eigenvalue weighted by molar-refractivity contribution is 5.83. The second-order valence-corrected chi connectivity index (χ2v) is 9.00. The fourth-order valence-corrected chi connectivity index (χ4v) is 5.54. The summed E-state index contributed by atoms with van der Waals surface area (Å²) in [5, 5.41) is 11.5. The first-order valence-corrected chi connectivity index (χ1v) is 9.84. The number of aliphatic hydroxyl groups excluding tert-OH is 1. The first-order valence-electron chi connectivity index (χ1n) is 9.84. The Morgan fingerprint density at radius 1 is 1.20 bits per heavy atom. The highest BCUT2D eigenvalue weighted by Crippen LogP contribution is 2.57. The Kier molecular flexibility index (Phi) is 4.07. The van der Waals surface area contributed by atoms with Crippen LogP contribution in [0.2, 0.25) is 0 Å². The van der Waals surface area contributed by atoms with Crippen LogP contribution in [-0.4, -0.2) is 16.7 Å². The van der Waals surface area contributed by atoms with E-state index in [0.29, 0.717) is 18.4 Å². The van der Waals surface area contributed by atoms with Gasteiger partial charge in [-0.25, -0.2) is 0 Å². The van der Waals surface area contributed by atoms with E-state index < -0.39 is 0 Å². The van der Waals surface area contributed by atoms with Gasteiger partial charge in [0.2, 0.25) is 0 Å². The normalized spacial score (nSPS) is 35.4. The molecule has 2 N–H and O–H groups in total. The number of fused-ring (bicyclic) bond motifs is 2. The molecule has 1 heterocycles. The summed E-state index contributed by atoms with van der Waals surface area (Å²) in [4.78, 5) is 3.45. The third-order valence-electron chi connectivity index (χ3n) is 7.53. The Balaban J connectivity index is 1.74. The van der Waals surface area contributed by atoms with Crippen LogP contribution in [-0.2, 0) is 6.42 Å². The van der Waals surface area contributed by atoms with Crippen molar-refractivity contribution in [3.05, 3.63) is 47.7 Å². The summed E-state index contributed by atoms with van der Waals surface area (Å²) in [5.74, 6) is 1.21. The molecule has 1 aromatic heterocycles. The number of aliphatic hydroxyl groups is 1. The molecule has 0 spiro atoms. The Hall–Kier alpha value is -1.54. The summed E-state index contributed by atoms with van der Waals surface area (Å²) in [6.07, 6.45) is 10.5. The molecule has 134 valence electrons. The van der Waals surface area contributed by atoms with E-state index in [1.54, 1.807) is 5.57 Å². The van der Waals surface area contributed by atoms with Gasteiger partial charge in [-0.3, -0.25) is 0 Å². The zero-order valence-corrected chi connectivity index (χ0v) is 15.8. The zero-order valence-electron chi connectivity index (χ0n) is 15.8. The Labute approximate surface area is 151 Å².